The Balaban J connectivity index is 2.89. The van der Waals surface area contributed by atoms with Crippen molar-refractivity contribution in [2.45, 2.75) is 72.6 Å². The minimum absolute atomic E-state index is 0.0168. The molecule has 0 spiro atoms. The number of esters is 2. The van der Waals surface area contributed by atoms with E-state index in [1.54, 1.807) is 0 Å². The highest BCUT2D eigenvalue weighted by Gasteiger charge is 2.37. The zero-order valence-electron chi connectivity index (χ0n) is 15.4. The second-order valence-corrected chi connectivity index (χ2v) is 7.16. The lowest BCUT2D eigenvalue weighted by molar-refractivity contribution is -0.143. The second-order valence-electron chi connectivity index (χ2n) is 7.16. The normalized spacial score (nSPS) is 16.9. The summed E-state index contributed by atoms with van der Waals surface area (Å²) >= 11 is 0. The summed E-state index contributed by atoms with van der Waals surface area (Å²) in [6, 6.07) is 0. The van der Waals surface area contributed by atoms with Gasteiger partial charge >= 0.3 is 11.9 Å². The predicted molar refractivity (Wildman–Crippen MR) is 91.4 cm³/mol. The lowest BCUT2D eigenvalue weighted by atomic mass is 9.73. The van der Waals surface area contributed by atoms with Crippen LogP contribution < -0.4 is 0 Å². The van der Waals surface area contributed by atoms with E-state index >= 15 is 0 Å². The first-order valence-electron chi connectivity index (χ1n) is 8.88. The molecular weight excluding hydrogens is 308 g/mol. The van der Waals surface area contributed by atoms with E-state index in [1.807, 2.05) is 27.7 Å². The Morgan fingerprint density at radius 3 is 2.17 bits per heavy atom. The molecule has 0 saturated heterocycles. The van der Waals surface area contributed by atoms with E-state index in [0.717, 1.165) is 25.7 Å². The second kappa shape index (κ2) is 9.60. The smallest absolute Gasteiger partial charge is 0.341 e. The van der Waals surface area contributed by atoms with E-state index in [-0.39, 0.29) is 29.2 Å². The number of unbranched alkanes of at least 4 members (excludes halogenated alkanes) is 2. The molecule has 5 heteroatoms. The Labute approximate surface area is 144 Å². The van der Waals surface area contributed by atoms with Gasteiger partial charge in [-0.05, 0) is 30.3 Å². The molecule has 1 aliphatic rings. The molecule has 0 aromatic rings. The summed E-state index contributed by atoms with van der Waals surface area (Å²) in [6.45, 7) is 8.61. The molecule has 0 fully saturated rings. The van der Waals surface area contributed by atoms with Crippen molar-refractivity contribution in [2.75, 3.05) is 13.2 Å². The molecule has 0 heterocycles. The summed E-state index contributed by atoms with van der Waals surface area (Å²) in [5.74, 6) is -1.22. The Morgan fingerprint density at radius 1 is 1.00 bits per heavy atom. The summed E-state index contributed by atoms with van der Waals surface area (Å²) in [4.78, 5) is 36.7. The molecule has 24 heavy (non-hydrogen) atoms. The highest BCUT2D eigenvalue weighted by atomic mass is 16.5. The minimum Gasteiger partial charge on any atom is -0.465 e. The van der Waals surface area contributed by atoms with E-state index < -0.39 is 5.97 Å². The van der Waals surface area contributed by atoms with Gasteiger partial charge in [0.2, 0.25) is 0 Å². The first-order chi connectivity index (χ1) is 11.3. The summed E-state index contributed by atoms with van der Waals surface area (Å²) in [5, 5.41) is 0. The van der Waals surface area contributed by atoms with Crippen LogP contribution in [0.2, 0.25) is 0 Å². The van der Waals surface area contributed by atoms with Crippen molar-refractivity contribution >= 4 is 17.7 Å². The van der Waals surface area contributed by atoms with Crippen LogP contribution in [-0.4, -0.2) is 30.9 Å². The third-order valence-corrected chi connectivity index (χ3v) is 4.02. The Bertz CT molecular complexity index is 502. The van der Waals surface area contributed by atoms with Crippen LogP contribution in [0.4, 0.5) is 0 Å². The molecular formula is C19H30O5. The minimum atomic E-state index is -0.597. The van der Waals surface area contributed by atoms with Gasteiger partial charge in [0.15, 0.2) is 5.78 Å². The Kier molecular flexibility index (Phi) is 8.16. The van der Waals surface area contributed by atoms with Crippen LogP contribution in [0.25, 0.3) is 0 Å². The lowest BCUT2D eigenvalue weighted by Gasteiger charge is -2.31. The van der Waals surface area contributed by atoms with Crippen molar-refractivity contribution in [3.63, 3.8) is 0 Å². The average Bonchev–Trinajstić information content (AvgIpc) is 2.46. The predicted octanol–water partition coefficient (Wildman–Crippen LogP) is 3.75. The van der Waals surface area contributed by atoms with Gasteiger partial charge < -0.3 is 9.47 Å². The third kappa shape index (κ3) is 6.46. The fraction of sp³-hybridized carbons (Fsp3) is 0.737. The van der Waals surface area contributed by atoms with Gasteiger partial charge in [-0.15, -0.1) is 0 Å². The molecule has 0 bridgehead atoms. The Morgan fingerprint density at radius 2 is 1.58 bits per heavy atom. The van der Waals surface area contributed by atoms with E-state index in [0.29, 0.717) is 31.6 Å². The number of ketones is 1. The van der Waals surface area contributed by atoms with Crippen molar-refractivity contribution in [1.82, 2.24) is 0 Å². The molecule has 0 radical (unpaired) electrons. The van der Waals surface area contributed by atoms with Gasteiger partial charge in [0.1, 0.15) is 5.57 Å². The largest absolute Gasteiger partial charge is 0.465 e. The highest BCUT2D eigenvalue weighted by molar-refractivity contribution is 6.19. The number of ether oxygens (including phenoxy) is 2. The SMILES string of the molecule is CCCCOC(=O)CC1=C(C(=O)OCCCC)C(=O)CC(C)(C)C1. The van der Waals surface area contributed by atoms with Crippen LogP contribution in [0.5, 0.6) is 0 Å². The van der Waals surface area contributed by atoms with Crippen molar-refractivity contribution in [2.24, 2.45) is 5.41 Å². The molecule has 0 aromatic carbocycles. The zero-order chi connectivity index (χ0) is 18.2. The molecule has 0 N–H and O–H groups in total. The first-order valence-corrected chi connectivity index (χ1v) is 8.88. The van der Waals surface area contributed by atoms with Gasteiger partial charge in [0.25, 0.3) is 0 Å². The van der Waals surface area contributed by atoms with Crippen molar-refractivity contribution in [3.8, 4) is 0 Å². The van der Waals surface area contributed by atoms with Crippen LogP contribution in [0, 0.1) is 5.41 Å². The maximum absolute atomic E-state index is 12.4. The fourth-order valence-electron chi connectivity index (χ4n) is 2.79. The van der Waals surface area contributed by atoms with Crippen LogP contribution in [0.1, 0.15) is 72.6 Å². The van der Waals surface area contributed by atoms with Crippen molar-refractivity contribution in [1.29, 1.82) is 0 Å². The van der Waals surface area contributed by atoms with Gasteiger partial charge in [-0.1, -0.05) is 40.5 Å². The fourth-order valence-corrected chi connectivity index (χ4v) is 2.79. The van der Waals surface area contributed by atoms with Gasteiger partial charge in [-0.3, -0.25) is 9.59 Å². The summed E-state index contributed by atoms with van der Waals surface area (Å²) < 4.78 is 10.4. The summed E-state index contributed by atoms with van der Waals surface area (Å²) in [7, 11) is 0. The molecule has 0 saturated carbocycles. The van der Waals surface area contributed by atoms with Crippen LogP contribution in [0.15, 0.2) is 11.1 Å². The van der Waals surface area contributed by atoms with E-state index in [4.69, 9.17) is 9.47 Å². The molecule has 5 nitrogen and oxygen atoms in total. The first kappa shape index (κ1) is 20.4. The highest BCUT2D eigenvalue weighted by Crippen LogP contribution is 2.38. The van der Waals surface area contributed by atoms with Crippen LogP contribution in [0.3, 0.4) is 0 Å². The van der Waals surface area contributed by atoms with E-state index in [2.05, 4.69) is 0 Å². The molecule has 0 atom stereocenters. The topological polar surface area (TPSA) is 69.7 Å². The summed E-state index contributed by atoms with van der Waals surface area (Å²) in [5.41, 5.74) is 0.362. The molecule has 0 unspecified atom stereocenters. The van der Waals surface area contributed by atoms with Crippen molar-refractivity contribution in [3.05, 3.63) is 11.1 Å². The number of Topliss-reactive ketones (excluding diaryl/α,β-unsaturated/α-hetero) is 1. The molecule has 0 amide bonds. The molecule has 136 valence electrons. The molecule has 1 rings (SSSR count). The van der Waals surface area contributed by atoms with E-state index in [1.165, 1.54) is 0 Å². The maximum Gasteiger partial charge on any atom is 0.341 e. The van der Waals surface area contributed by atoms with Gasteiger partial charge in [0.05, 0.1) is 19.6 Å². The monoisotopic (exact) mass is 338 g/mol. The summed E-state index contributed by atoms with van der Waals surface area (Å²) in [6.07, 6.45) is 4.21. The standard InChI is InChI=1S/C19H30O5/c1-5-7-9-23-16(21)11-14-12-19(3,4)13-15(20)17(14)18(22)24-10-8-6-2/h5-13H2,1-4H3. The van der Waals surface area contributed by atoms with Gasteiger partial charge in [0, 0.05) is 6.42 Å². The van der Waals surface area contributed by atoms with Crippen LogP contribution >= 0.6 is 0 Å². The number of hydrogen-bond acceptors (Lipinski definition) is 5. The zero-order valence-corrected chi connectivity index (χ0v) is 15.4. The Hall–Kier alpha value is -1.65. The quantitative estimate of drug-likeness (QED) is 0.364. The third-order valence-electron chi connectivity index (χ3n) is 4.02. The number of carbonyl (C=O) groups excluding carboxylic acids is 3. The number of carbonyl (C=O) groups is 3. The number of rotatable bonds is 9. The van der Waals surface area contributed by atoms with Gasteiger partial charge in [-0.25, -0.2) is 4.79 Å². The average molecular weight is 338 g/mol. The molecule has 0 aliphatic heterocycles. The molecule has 0 aromatic heterocycles. The lowest BCUT2D eigenvalue weighted by Crippen LogP contribution is -2.31. The van der Waals surface area contributed by atoms with Gasteiger partial charge in [-0.2, -0.15) is 0 Å². The molecule has 1 aliphatic carbocycles. The van der Waals surface area contributed by atoms with Crippen molar-refractivity contribution < 1.29 is 23.9 Å². The van der Waals surface area contributed by atoms with Crippen LogP contribution in [-0.2, 0) is 23.9 Å². The maximum atomic E-state index is 12.4. The number of hydrogen-bond donors (Lipinski definition) is 0. The van der Waals surface area contributed by atoms with E-state index in [9.17, 15) is 14.4 Å².